The summed E-state index contributed by atoms with van der Waals surface area (Å²) < 4.78 is 11.8. The van der Waals surface area contributed by atoms with E-state index in [4.69, 9.17) is 21.1 Å². The molecule has 0 saturated carbocycles. The molecule has 2 aliphatic rings. The fourth-order valence-electron chi connectivity index (χ4n) is 3.45. The Labute approximate surface area is 176 Å². The predicted molar refractivity (Wildman–Crippen MR) is 115 cm³/mol. The summed E-state index contributed by atoms with van der Waals surface area (Å²) in [5, 5.41) is 1.63. The second kappa shape index (κ2) is 7.57. The summed E-state index contributed by atoms with van der Waals surface area (Å²) in [6.45, 7) is 3.07. The average molecular weight is 428 g/mol. The third-order valence-corrected chi connectivity index (χ3v) is 6.42. The monoisotopic (exact) mass is 427 g/mol. The van der Waals surface area contributed by atoms with Crippen molar-refractivity contribution in [1.29, 1.82) is 0 Å². The number of thiazole rings is 1. The van der Waals surface area contributed by atoms with E-state index in [0.29, 0.717) is 23.9 Å². The zero-order valence-corrected chi connectivity index (χ0v) is 17.1. The molecule has 1 saturated heterocycles. The van der Waals surface area contributed by atoms with E-state index in [-0.39, 0.29) is 12.7 Å². The van der Waals surface area contributed by atoms with Crippen molar-refractivity contribution < 1.29 is 14.3 Å². The summed E-state index contributed by atoms with van der Waals surface area (Å²) in [6, 6.07) is 11.5. The number of halogens is 1. The summed E-state index contributed by atoms with van der Waals surface area (Å²) in [5.74, 6) is 1.46. The number of amides is 1. The molecule has 1 amide bonds. The van der Waals surface area contributed by atoms with Crippen molar-refractivity contribution >= 4 is 50.3 Å². The molecule has 1 fully saturated rings. The van der Waals surface area contributed by atoms with Crippen LogP contribution in [0.1, 0.15) is 5.56 Å². The standard InChI is InChI=1S/C21H18ClN3O3S/c22-15-2-1-3-18-20(15)23-21(29-18)25-10-8-24(9-11-25)19(26)7-5-14-4-6-16-17(12-14)28-13-27-16/h1-7,12H,8-11,13H2/b7-5+. The lowest BCUT2D eigenvalue weighted by atomic mass is 10.2. The van der Waals surface area contributed by atoms with E-state index in [9.17, 15) is 4.79 Å². The van der Waals surface area contributed by atoms with Crippen LogP contribution in [-0.4, -0.2) is 48.8 Å². The van der Waals surface area contributed by atoms with E-state index >= 15 is 0 Å². The van der Waals surface area contributed by atoms with Crippen molar-refractivity contribution in [2.45, 2.75) is 0 Å². The van der Waals surface area contributed by atoms with Crippen LogP contribution in [-0.2, 0) is 4.79 Å². The lowest BCUT2D eigenvalue weighted by Crippen LogP contribution is -2.48. The fourth-order valence-corrected chi connectivity index (χ4v) is 4.76. The molecule has 0 spiro atoms. The van der Waals surface area contributed by atoms with Gasteiger partial charge in [-0.3, -0.25) is 4.79 Å². The number of rotatable bonds is 3. The van der Waals surface area contributed by atoms with Gasteiger partial charge < -0.3 is 19.3 Å². The average Bonchev–Trinajstić information content (AvgIpc) is 3.39. The molecule has 2 aliphatic heterocycles. The Morgan fingerprint density at radius 1 is 1.10 bits per heavy atom. The maximum absolute atomic E-state index is 12.6. The Morgan fingerprint density at radius 2 is 1.93 bits per heavy atom. The van der Waals surface area contributed by atoms with Gasteiger partial charge in [-0.2, -0.15) is 0 Å². The second-order valence-corrected chi connectivity index (χ2v) is 8.26. The number of ether oxygens (including phenoxy) is 2. The van der Waals surface area contributed by atoms with Gasteiger partial charge in [-0.05, 0) is 35.9 Å². The molecule has 0 N–H and O–H groups in total. The highest BCUT2D eigenvalue weighted by molar-refractivity contribution is 7.22. The van der Waals surface area contributed by atoms with Crippen LogP contribution in [0.2, 0.25) is 5.02 Å². The van der Waals surface area contributed by atoms with Crippen LogP contribution in [0.5, 0.6) is 11.5 Å². The molecule has 2 aromatic carbocycles. The number of piperazine rings is 1. The van der Waals surface area contributed by atoms with Gasteiger partial charge in [0.25, 0.3) is 0 Å². The van der Waals surface area contributed by atoms with E-state index in [1.807, 2.05) is 47.4 Å². The van der Waals surface area contributed by atoms with E-state index in [1.54, 1.807) is 17.4 Å². The topological polar surface area (TPSA) is 54.9 Å². The molecule has 0 unspecified atom stereocenters. The highest BCUT2D eigenvalue weighted by Crippen LogP contribution is 2.34. The van der Waals surface area contributed by atoms with Gasteiger partial charge >= 0.3 is 0 Å². The van der Waals surface area contributed by atoms with Crippen LogP contribution < -0.4 is 14.4 Å². The number of anilines is 1. The van der Waals surface area contributed by atoms with Crippen molar-refractivity contribution in [2.24, 2.45) is 0 Å². The van der Waals surface area contributed by atoms with Gasteiger partial charge in [0.1, 0.15) is 5.52 Å². The second-order valence-electron chi connectivity index (χ2n) is 6.84. The lowest BCUT2D eigenvalue weighted by molar-refractivity contribution is -0.126. The fraction of sp³-hybridized carbons (Fsp3) is 0.238. The minimum Gasteiger partial charge on any atom is -0.454 e. The summed E-state index contributed by atoms with van der Waals surface area (Å²) in [5.41, 5.74) is 1.76. The Bertz CT molecular complexity index is 1110. The van der Waals surface area contributed by atoms with Crippen LogP contribution >= 0.6 is 22.9 Å². The summed E-state index contributed by atoms with van der Waals surface area (Å²) in [7, 11) is 0. The highest BCUT2D eigenvalue weighted by Gasteiger charge is 2.22. The third kappa shape index (κ3) is 3.63. The van der Waals surface area contributed by atoms with E-state index < -0.39 is 0 Å². The Hall–Kier alpha value is -2.77. The predicted octanol–water partition coefficient (Wildman–Crippen LogP) is 4.04. The van der Waals surface area contributed by atoms with Crippen molar-refractivity contribution in [3.05, 3.63) is 53.1 Å². The molecular formula is C21H18ClN3O3S. The number of para-hydroxylation sites is 1. The molecule has 6 nitrogen and oxygen atoms in total. The Morgan fingerprint density at radius 3 is 2.76 bits per heavy atom. The van der Waals surface area contributed by atoms with Crippen LogP contribution in [0.4, 0.5) is 5.13 Å². The Balaban J connectivity index is 1.22. The molecule has 8 heteroatoms. The van der Waals surface area contributed by atoms with Crippen LogP contribution in [0.25, 0.3) is 16.3 Å². The molecule has 29 heavy (non-hydrogen) atoms. The number of benzene rings is 2. The number of fused-ring (bicyclic) bond motifs is 2. The first-order valence-electron chi connectivity index (χ1n) is 9.34. The molecule has 0 atom stereocenters. The number of nitrogens with zero attached hydrogens (tertiary/aromatic N) is 3. The number of hydrogen-bond donors (Lipinski definition) is 0. The SMILES string of the molecule is O=C(/C=C/c1ccc2c(c1)OCO2)N1CCN(c2nc3c(Cl)cccc3s2)CC1. The number of aromatic nitrogens is 1. The van der Waals surface area contributed by atoms with Gasteiger partial charge in [0, 0.05) is 32.3 Å². The maximum atomic E-state index is 12.6. The zero-order chi connectivity index (χ0) is 19.8. The van der Waals surface area contributed by atoms with Gasteiger partial charge in [-0.25, -0.2) is 4.98 Å². The summed E-state index contributed by atoms with van der Waals surface area (Å²) >= 11 is 7.88. The van der Waals surface area contributed by atoms with E-state index in [0.717, 1.165) is 39.8 Å². The number of carbonyl (C=O) groups is 1. The zero-order valence-electron chi connectivity index (χ0n) is 15.5. The molecule has 1 aromatic heterocycles. The summed E-state index contributed by atoms with van der Waals surface area (Å²) in [6.07, 6.45) is 3.43. The van der Waals surface area contributed by atoms with Gasteiger partial charge in [-0.15, -0.1) is 0 Å². The van der Waals surface area contributed by atoms with Gasteiger partial charge in [0.05, 0.1) is 9.72 Å². The van der Waals surface area contributed by atoms with Crippen molar-refractivity contribution in [2.75, 3.05) is 37.9 Å². The molecule has 148 valence electrons. The lowest BCUT2D eigenvalue weighted by Gasteiger charge is -2.34. The van der Waals surface area contributed by atoms with Gasteiger partial charge in [0.15, 0.2) is 16.6 Å². The first kappa shape index (κ1) is 18.3. The molecule has 0 radical (unpaired) electrons. The van der Waals surface area contributed by atoms with Crippen LogP contribution in [0.15, 0.2) is 42.5 Å². The third-order valence-electron chi connectivity index (χ3n) is 5.04. The minimum atomic E-state index is 0.00895. The van der Waals surface area contributed by atoms with Crippen molar-refractivity contribution in [1.82, 2.24) is 9.88 Å². The van der Waals surface area contributed by atoms with Crippen LogP contribution in [0, 0.1) is 0 Å². The van der Waals surface area contributed by atoms with E-state index in [1.165, 1.54) is 0 Å². The normalized spacial score (nSPS) is 16.2. The Kier molecular flexibility index (Phi) is 4.77. The van der Waals surface area contributed by atoms with Crippen molar-refractivity contribution in [3.8, 4) is 11.5 Å². The molecule has 3 aromatic rings. The molecule has 0 bridgehead atoms. The quantitative estimate of drug-likeness (QED) is 0.590. The molecule has 3 heterocycles. The largest absolute Gasteiger partial charge is 0.454 e. The number of hydrogen-bond acceptors (Lipinski definition) is 6. The number of carbonyl (C=O) groups excluding carboxylic acids is 1. The van der Waals surface area contributed by atoms with Gasteiger partial charge in [0.2, 0.25) is 12.7 Å². The first-order chi connectivity index (χ1) is 14.2. The molecule has 5 rings (SSSR count). The smallest absolute Gasteiger partial charge is 0.246 e. The van der Waals surface area contributed by atoms with Crippen LogP contribution in [0.3, 0.4) is 0 Å². The van der Waals surface area contributed by atoms with Crippen molar-refractivity contribution in [3.63, 3.8) is 0 Å². The first-order valence-corrected chi connectivity index (χ1v) is 10.5. The summed E-state index contributed by atoms with van der Waals surface area (Å²) in [4.78, 5) is 21.3. The highest BCUT2D eigenvalue weighted by atomic mass is 35.5. The molecular weight excluding hydrogens is 410 g/mol. The van der Waals surface area contributed by atoms with Gasteiger partial charge in [-0.1, -0.05) is 35.1 Å². The maximum Gasteiger partial charge on any atom is 0.246 e. The minimum absolute atomic E-state index is 0.00895. The molecule has 0 aliphatic carbocycles. The van der Waals surface area contributed by atoms with E-state index in [2.05, 4.69) is 9.88 Å².